The Hall–Kier alpha value is -1.66. The molecule has 0 aromatic carbocycles. The van der Waals surface area contributed by atoms with Crippen molar-refractivity contribution in [2.45, 2.75) is 44.7 Å². The van der Waals surface area contributed by atoms with E-state index in [1.54, 1.807) is 13.1 Å². The Morgan fingerprint density at radius 3 is 2.70 bits per heavy atom. The van der Waals surface area contributed by atoms with E-state index in [1.165, 1.54) is 0 Å². The molecule has 1 saturated carbocycles. The summed E-state index contributed by atoms with van der Waals surface area (Å²) in [6.07, 6.45) is 7.72. The quantitative estimate of drug-likeness (QED) is 0.784. The van der Waals surface area contributed by atoms with Gasteiger partial charge in [0.15, 0.2) is 0 Å². The van der Waals surface area contributed by atoms with Gasteiger partial charge >= 0.3 is 0 Å². The molecule has 2 aliphatic rings. The van der Waals surface area contributed by atoms with E-state index in [2.05, 4.69) is 32.0 Å². The number of amides is 1. The molecule has 1 fully saturated rings. The van der Waals surface area contributed by atoms with Crippen molar-refractivity contribution in [1.82, 2.24) is 20.6 Å². The lowest BCUT2D eigenvalue weighted by molar-refractivity contribution is -0.119. The molecule has 1 aromatic rings. The van der Waals surface area contributed by atoms with Gasteiger partial charge in [0.2, 0.25) is 11.9 Å². The van der Waals surface area contributed by atoms with Gasteiger partial charge in [0.25, 0.3) is 0 Å². The van der Waals surface area contributed by atoms with Crippen LogP contribution < -0.4 is 16.0 Å². The monoisotopic (exact) mass is 335 g/mol. The number of nitrogens with zero attached hydrogens (tertiary/aromatic N) is 2. The van der Waals surface area contributed by atoms with Crippen LogP contribution >= 0.6 is 11.6 Å². The van der Waals surface area contributed by atoms with Crippen LogP contribution in [-0.2, 0) is 4.79 Å². The highest BCUT2D eigenvalue weighted by Gasteiger charge is 2.22. The van der Waals surface area contributed by atoms with Crippen LogP contribution in [0.25, 0.3) is 5.57 Å². The van der Waals surface area contributed by atoms with Crippen LogP contribution in [-0.4, -0.2) is 41.0 Å². The van der Waals surface area contributed by atoms with E-state index in [1.807, 2.05) is 0 Å². The minimum absolute atomic E-state index is 0.0468. The molecule has 3 N–H and O–H groups in total. The Kier molecular flexibility index (Phi) is 5.13. The molecule has 2 heterocycles. The Morgan fingerprint density at radius 1 is 1.30 bits per heavy atom. The molecule has 0 saturated heterocycles. The highest BCUT2D eigenvalue weighted by molar-refractivity contribution is 6.32. The van der Waals surface area contributed by atoms with Gasteiger partial charge in [-0.3, -0.25) is 4.79 Å². The highest BCUT2D eigenvalue weighted by Crippen LogP contribution is 2.25. The minimum Gasteiger partial charge on any atom is -0.354 e. The molecule has 0 unspecified atom stereocenters. The second-order valence-corrected chi connectivity index (χ2v) is 6.55. The SMILES string of the molecule is CC(=O)N[C@H]1CC[C@H](Nc2ncc(Cl)c(C3=CCNC3)n2)CC1. The summed E-state index contributed by atoms with van der Waals surface area (Å²) in [6.45, 7) is 3.21. The van der Waals surface area contributed by atoms with Crippen molar-refractivity contribution >= 4 is 29.0 Å². The van der Waals surface area contributed by atoms with Gasteiger partial charge in [-0.05, 0) is 31.3 Å². The summed E-state index contributed by atoms with van der Waals surface area (Å²) in [4.78, 5) is 20.0. The molecule has 0 radical (unpaired) electrons. The molecule has 124 valence electrons. The maximum atomic E-state index is 11.1. The smallest absolute Gasteiger partial charge is 0.223 e. The van der Waals surface area contributed by atoms with E-state index in [-0.39, 0.29) is 5.91 Å². The van der Waals surface area contributed by atoms with Crippen LogP contribution in [0.5, 0.6) is 0 Å². The Morgan fingerprint density at radius 2 is 2.04 bits per heavy atom. The molecule has 6 nitrogen and oxygen atoms in total. The Balaban J connectivity index is 1.61. The maximum absolute atomic E-state index is 11.1. The molecular weight excluding hydrogens is 314 g/mol. The zero-order valence-corrected chi connectivity index (χ0v) is 14.0. The first-order chi connectivity index (χ1) is 11.1. The third-order valence-corrected chi connectivity index (χ3v) is 4.60. The number of rotatable bonds is 4. The van der Waals surface area contributed by atoms with Crippen LogP contribution in [0.1, 0.15) is 38.3 Å². The third-order valence-electron chi connectivity index (χ3n) is 4.32. The zero-order chi connectivity index (χ0) is 16.2. The second-order valence-electron chi connectivity index (χ2n) is 6.14. The molecule has 1 aliphatic carbocycles. The highest BCUT2D eigenvalue weighted by atomic mass is 35.5. The topological polar surface area (TPSA) is 78.9 Å². The maximum Gasteiger partial charge on any atom is 0.223 e. The average Bonchev–Trinajstić information content (AvgIpc) is 3.05. The number of carbonyl (C=O) groups excluding carboxylic acids is 1. The number of anilines is 1. The summed E-state index contributed by atoms with van der Waals surface area (Å²) in [5.74, 6) is 0.672. The van der Waals surface area contributed by atoms with Crippen molar-refractivity contribution in [3.63, 3.8) is 0 Å². The molecule has 3 rings (SSSR count). The first-order valence-corrected chi connectivity index (χ1v) is 8.46. The summed E-state index contributed by atoms with van der Waals surface area (Å²) >= 11 is 6.22. The van der Waals surface area contributed by atoms with E-state index >= 15 is 0 Å². The van der Waals surface area contributed by atoms with Gasteiger partial charge in [0.05, 0.1) is 16.9 Å². The number of hydrogen-bond acceptors (Lipinski definition) is 5. The van der Waals surface area contributed by atoms with E-state index in [4.69, 9.17) is 11.6 Å². The summed E-state index contributed by atoms with van der Waals surface area (Å²) < 4.78 is 0. The lowest BCUT2D eigenvalue weighted by Gasteiger charge is -2.29. The number of aromatic nitrogens is 2. The number of halogens is 1. The fourth-order valence-corrected chi connectivity index (χ4v) is 3.38. The van der Waals surface area contributed by atoms with Crippen molar-refractivity contribution in [1.29, 1.82) is 0 Å². The van der Waals surface area contributed by atoms with Crippen molar-refractivity contribution in [3.05, 3.63) is 23.0 Å². The van der Waals surface area contributed by atoms with Crippen molar-refractivity contribution in [2.75, 3.05) is 18.4 Å². The van der Waals surface area contributed by atoms with E-state index < -0.39 is 0 Å². The van der Waals surface area contributed by atoms with Gasteiger partial charge in [-0.15, -0.1) is 0 Å². The molecule has 1 aromatic heterocycles. The van der Waals surface area contributed by atoms with E-state index in [0.717, 1.165) is 50.0 Å². The van der Waals surface area contributed by atoms with E-state index in [9.17, 15) is 4.79 Å². The van der Waals surface area contributed by atoms with Crippen molar-refractivity contribution in [2.24, 2.45) is 0 Å². The molecule has 0 bridgehead atoms. The molecule has 23 heavy (non-hydrogen) atoms. The Bertz CT molecular complexity index is 610. The largest absolute Gasteiger partial charge is 0.354 e. The summed E-state index contributed by atoms with van der Waals surface area (Å²) in [7, 11) is 0. The van der Waals surface area contributed by atoms with Crippen LogP contribution in [0.15, 0.2) is 12.3 Å². The summed E-state index contributed by atoms with van der Waals surface area (Å²) in [5, 5.41) is 10.2. The number of hydrogen-bond donors (Lipinski definition) is 3. The van der Waals surface area contributed by atoms with Gasteiger partial charge in [0, 0.05) is 32.1 Å². The predicted octanol–water partition coefficient (Wildman–Crippen LogP) is 1.98. The average molecular weight is 336 g/mol. The van der Waals surface area contributed by atoms with Crippen LogP contribution in [0, 0.1) is 0 Å². The van der Waals surface area contributed by atoms with Crippen molar-refractivity contribution in [3.8, 4) is 0 Å². The first kappa shape index (κ1) is 16.2. The number of carbonyl (C=O) groups is 1. The van der Waals surface area contributed by atoms with Gasteiger partial charge in [-0.25, -0.2) is 9.97 Å². The summed E-state index contributed by atoms with van der Waals surface area (Å²) in [5.41, 5.74) is 1.93. The normalized spacial score (nSPS) is 24.2. The fraction of sp³-hybridized carbons (Fsp3) is 0.562. The van der Waals surface area contributed by atoms with Gasteiger partial charge < -0.3 is 16.0 Å². The zero-order valence-electron chi connectivity index (χ0n) is 13.2. The predicted molar refractivity (Wildman–Crippen MR) is 91.4 cm³/mol. The van der Waals surface area contributed by atoms with Crippen LogP contribution in [0.2, 0.25) is 5.02 Å². The second kappa shape index (κ2) is 7.27. The molecule has 1 amide bonds. The number of nitrogens with one attached hydrogen (secondary N) is 3. The minimum atomic E-state index is 0.0468. The third kappa shape index (κ3) is 4.20. The molecule has 0 atom stereocenters. The lowest BCUT2D eigenvalue weighted by atomic mass is 9.91. The first-order valence-electron chi connectivity index (χ1n) is 8.08. The molecular formula is C16H22ClN5O. The van der Waals surface area contributed by atoms with Crippen molar-refractivity contribution < 1.29 is 4.79 Å². The molecule has 7 heteroatoms. The van der Waals surface area contributed by atoms with Crippen LogP contribution in [0.3, 0.4) is 0 Å². The summed E-state index contributed by atoms with van der Waals surface area (Å²) in [6, 6.07) is 0.631. The van der Waals surface area contributed by atoms with Gasteiger partial charge in [-0.1, -0.05) is 17.7 Å². The van der Waals surface area contributed by atoms with Crippen LogP contribution in [0.4, 0.5) is 5.95 Å². The van der Waals surface area contributed by atoms with E-state index in [0.29, 0.717) is 23.1 Å². The standard InChI is InChI=1S/C16H22ClN5O/c1-10(23)20-12-2-4-13(5-3-12)21-16-19-9-14(17)15(22-16)11-6-7-18-8-11/h6,9,12-13,18H,2-5,7-8H2,1H3,(H,20,23)(H,19,21,22)/t12-,13-. The molecule has 0 spiro atoms. The fourth-order valence-electron chi connectivity index (χ4n) is 3.17. The van der Waals surface area contributed by atoms with Gasteiger partial charge in [-0.2, -0.15) is 0 Å². The molecule has 1 aliphatic heterocycles. The lowest BCUT2D eigenvalue weighted by Crippen LogP contribution is -2.39. The van der Waals surface area contributed by atoms with Gasteiger partial charge in [0.1, 0.15) is 0 Å². The Labute approximate surface area is 141 Å².